The third-order valence-corrected chi connectivity index (χ3v) is 3.95. The minimum Gasteiger partial charge on any atom is -0.399 e. The summed E-state index contributed by atoms with van der Waals surface area (Å²) in [5.74, 6) is 1.71. The van der Waals surface area contributed by atoms with E-state index in [9.17, 15) is 0 Å². The quantitative estimate of drug-likeness (QED) is 0.832. The van der Waals surface area contributed by atoms with Gasteiger partial charge in [0.1, 0.15) is 0 Å². The van der Waals surface area contributed by atoms with Crippen LogP contribution in [0.5, 0.6) is 0 Å². The van der Waals surface area contributed by atoms with Crippen molar-refractivity contribution in [3.05, 3.63) is 29.0 Å². The van der Waals surface area contributed by atoms with Crippen LogP contribution in [0, 0.1) is 0 Å². The molecule has 1 heterocycles. The molecule has 0 atom stereocenters. The lowest BCUT2D eigenvalue weighted by Gasteiger charge is -2.17. The summed E-state index contributed by atoms with van der Waals surface area (Å²) in [5, 5.41) is 4.64. The SMILES string of the molecule is Cl.Nc1ccc(-c2nc(C3CCCCC3)no2)c(Cl)c1. The number of halogens is 2. The Morgan fingerprint density at radius 1 is 1.20 bits per heavy atom. The highest BCUT2D eigenvalue weighted by Crippen LogP contribution is 2.33. The standard InChI is InChI=1S/C14H16ClN3O.ClH/c15-12-8-10(16)6-7-11(12)14-17-13(18-19-14)9-4-2-1-3-5-9;/h6-9H,1-5,16H2;1H. The van der Waals surface area contributed by atoms with Crippen molar-refractivity contribution in [2.24, 2.45) is 0 Å². The van der Waals surface area contributed by atoms with Crippen LogP contribution in [0.4, 0.5) is 5.69 Å². The zero-order valence-electron chi connectivity index (χ0n) is 11.0. The third kappa shape index (κ3) is 3.07. The molecule has 1 aliphatic rings. The lowest BCUT2D eigenvalue weighted by Crippen LogP contribution is -2.06. The molecule has 0 saturated heterocycles. The predicted octanol–water partition coefficient (Wildman–Crippen LogP) is 4.44. The molecule has 2 N–H and O–H groups in total. The normalized spacial score (nSPS) is 15.8. The summed E-state index contributed by atoms with van der Waals surface area (Å²) in [6.45, 7) is 0. The van der Waals surface area contributed by atoms with Gasteiger partial charge in [-0.2, -0.15) is 4.98 Å². The first-order valence-electron chi connectivity index (χ1n) is 6.63. The summed E-state index contributed by atoms with van der Waals surface area (Å²) in [6, 6.07) is 5.29. The summed E-state index contributed by atoms with van der Waals surface area (Å²) in [6.07, 6.45) is 6.10. The average Bonchev–Trinajstić information content (AvgIpc) is 2.89. The maximum atomic E-state index is 6.15. The summed E-state index contributed by atoms with van der Waals surface area (Å²) >= 11 is 6.15. The zero-order valence-corrected chi connectivity index (χ0v) is 12.6. The summed E-state index contributed by atoms with van der Waals surface area (Å²) in [4.78, 5) is 4.49. The maximum Gasteiger partial charge on any atom is 0.259 e. The van der Waals surface area contributed by atoms with Gasteiger partial charge in [0.2, 0.25) is 0 Å². The highest BCUT2D eigenvalue weighted by molar-refractivity contribution is 6.33. The Kier molecular flexibility index (Phi) is 4.89. The van der Waals surface area contributed by atoms with Gasteiger partial charge in [0, 0.05) is 11.6 Å². The van der Waals surface area contributed by atoms with Crippen molar-refractivity contribution in [2.45, 2.75) is 38.0 Å². The number of aromatic nitrogens is 2. The van der Waals surface area contributed by atoms with E-state index in [0.717, 1.165) is 24.2 Å². The number of hydrogen-bond donors (Lipinski definition) is 1. The molecule has 2 aromatic rings. The Labute approximate surface area is 129 Å². The number of anilines is 1. The van der Waals surface area contributed by atoms with Crippen molar-refractivity contribution in [1.82, 2.24) is 10.1 Å². The lowest BCUT2D eigenvalue weighted by atomic mass is 9.89. The fourth-order valence-corrected chi connectivity index (χ4v) is 2.85. The molecule has 0 radical (unpaired) electrons. The molecule has 1 aromatic carbocycles. The molecule has 6 heteroatoms. The summed E-state index contributed by atoms with van der Waals surface area (Å²) in [5.41, 5.74) is 7.04. The van der Waals surface area contributed by atoms with Crippen molar-refractivity contribution < 1.29 is 4.52 Å². The van der Waals surface area contributed by atoms with Crippen molar-refractivity contribution in [3.63, 3.8) is 0 Å². The fourth-order valence-electron chi connectivity index (χ4n) is 2.58. The van der Waals surface area contributed by atoms with Gasteiger partial charge in [-0.25, -0.2) is 0 Å². The molecule has 0 bridgehead atoms. The van der Waals surface area contributed by atoms with Crippen molar-refractivity contribution in [3.8, 4) is 11.5 Å². The topological polar surface area (TPSA) is 64.9 Å². The Morgan fingerprint density at radius 2 is 1.95 bits per heavy atom. The van der Waals surface area contributed by atoms with Crippen LogP contribution in [0.1, 0.15) is 43.8 Å². The van der Waals surface area contributed by atoms with Crippen LogP contribution < -0.4 is 5.73 Å². The van der Waals surface area contributed by atoms with E-state index in [2.05, 4.69) is 10.1 Å². The second kappa shape index (κ2) is 6.46. The van der Waals surface area contributed by atoms with Crippen molar-refractivity contribution in [1.29, 1.82) is 0 Å². The smallest absolute Gasteiger partial charge is 0.259 e. The van der Waals surface area contributed by atoms with Crippen LogP contribution in [0.3, 0.4) is 0 Å². The Morgan fingerprint density at radius 3 is 2.65 bits per heavy atom. The first kappa shape index (κ1) is 15.1. The van der Waals surface area contributed by atoms with Gasteiger partial charge in [0.15, 0.2) is 5.82 Å². The largest absolute Gasteiger partial charge is 0.399 e. The molecule has 108 valence electrons. The van der Waals surface area contributed by atoms with Crippen LogP contribution in [0.25, 0.3) is 11.5 Å². The number of benzene rings is 1. The van der Waals surface area contributed by atoms with Crippen LogP contribution >= 0.6 is 24.0 Å². The number of nitrogens with two attached hydrogens (primary N) is 1. The molecular formula is C14H17Cl2N3O. The Bertz CT molecular complexity index is 580. The Balaban J connectivity index is 0.00000147. The second-order valence-corrected chi connectivity index (χ2v) is 5.44. The molecule has 0 unspecified atom stereocenters. The summed E-state index contributed by atoms with van der Waals surface area (Å²) in [7, 11) is 0. The molecule has 1 aliphatic carbocycles. The van der Waals surface area contributed by atoms with E-state index in [-0.39, 0.29) is 12.4 Å². The molecule has 1 fully saturated rings. The molecule has 1 aromatic heterocycles. The molecule has 20 heavy (non-hydrogen) atoms. The van der Waals surface area contributed by atoms with Crippen LogP contribution in [0.2, 0.25) is 5.02 Å². The first-order chi connectivity index (χ1) is 9.24. The third-order valence-electron chi connectivity index (χ3n) is 3.64. The van der Waals surface area contributed by atoms with Crippen LogP contribution in [-0.2, 0) is 0 Å². The highest BCUT2D eigenvalue weighted by atomic mass is 35.5. The van der Waals surface area contributed by atoms with E-state index in [4.69, 9.17) is 21.9 Å². The predicted molar refractivity (Wildman–Crippen MR) is 82.2 cm³/mol. The van der Waals surface area contributed by atoms with Gasteiger partial charge in [0.05, 0.1) is 10.6 Å². The molecule has 4 nitrogen and oxygen atoms in total. The molecule has 0 amide bonds. The van der Waals surface area contributed by atoms with E-state index in [1.807, 2.05) is 6.07 Å². The van der Waals surface area contributed by atoms with Crippen LogP contribution in [-0.4, -0.2) is 10.1 Å². The van der Waals surface area contributed by atoms with E-state index < -0.39 is 0 Å². The first-order valence-corrected chi connectivity index (χ1v) is 7.01. The monoisotopic (exact) mass is 313 g/mol. The molecular weight excluding hydrogens is 297 g/mol. The number of nitrogens with zero attached hydrogens (tertiary/aromatic N) is 2. The number of nitrogen functional groups attached to an aromatic ring is 1. The molecule has 1 saturated carbocycles. The second-order valence-electron chi connectivity index (χ2n) is 5.03. The molecule has 3 rings (SSSR count). The van der Waals surface area contributed by atoms with Gasteiger partial charge in [-0.3, -0.25) is 0 Å². The van der Waals surface area contributed by atoms with Gasteiger partial charge in [-0.15, -0.1) is 12.4 Å². The van der Waals surface area contributed by atoms with Crippen molar-refractivity contribution in [2.75, 3.05) is 5.73 Å². The number of rotatable bonds is 2. The number of hydrogen-bond acceptors (Lipinski definition) is 4. The minimum absolute atomic E-state index is 0. The van der Waals surface area contributed by atoms with E-state index in [1.54, 1.807) is 12.1 Å². The van der Waals surface area contributed by atoms with E-state index in [1.165, 1.54) is 19.3 Å². The highest BCUT2D eigenvalue weighted by Gasteiger charge is 2.21. The Hall–Kier alpha value is -1.26. The van der Waals surface area contributed by atoms with Gasteiger partial charge in [0.25, 0.3) is 5.89 Å². The fraction of sp³-hybridized carbons (Fsp3) is 0.429. The maximum absolute atomic E-state index is 6.15. The molecule has 0 aliphatic heterocycles. The van der Waals surface area contributed by atoms with Gasteiger partial charge in [-0.05, 0) is 31.0 Å². The van der Waals surface area contributed by atoms with Gasteiger partial charge < -0.3 is 10.3 Å². The van der Waals surface area contributed by atoms with E-state index >= 15 is 0 Å². The van der Waals surface area contributed by atoms with Crippen LogP contribution in [0.15, 0.2) is 22.7 Å². The van der Waals surface area contributed by atoms with E-state index in [0.29, 0.717) is 22.5 Å². The van der Waals surface area contributed by atoms with Gasteiger partial charge in [-0.1, -0.05) is 36.0 Å². The zero-order chi connectivity index (χ0) is 13.2. The molecule has 0 spiro atoms. The average molecular weight is 314 g/mol. The summed E-state index contributed by atoms with van der Waals surface area (Å²) < 4.78 is 5.34. The lowest BCUT2D eigenvalue weighted by molar-refractivity contribution is 0.385. The van der Waals surface area contributed by atoms with Gasteiger partial charge >= 0.3 is 0 Å². The van der Waals surface area contributed by atoms with Crippen molar-refractivity contribution >= 4 is 29.7 Å². The minimum atomic E-state index is 0.